The molecule has 3 heteroatoms. The van der Waals surface area contributed by atoms with E-state index in [1.807, 2.05) is 12.1 Å². The van der Waals surface area contributed by atoms with E-state index in [0.29, 0.717) is 0 Å². The molecule has 2 rings (SSSR count). The van der Waals surface area contributed by atoms with E-state index in [0.717, 1.165) is 25.4 Å². The number of nitrogens with zero attached hydrogens (tertiary/aromatic N) is 1. The minimum absolute atomic E-state index is 0.907. The molecule has 1 aliphatic heterocycles. The summed E-state index contributed by atoms with van der Waals surface area (Å²) in [5.41, 5.74) is 4.20. The van der Waals surface area contributed by atoms with Crippen LogP contribution in [0.5, 0.6) is 5.75 Å². The number of nitrogens with one attached hydrogen (secondary N) is 1. The fraction of sp³-hybridized carbons (Fsp3) is 0.429. The van der Waals surface area contributed by atoms with Crippen molar-refractivity contribution in [3.8, 4) is 5.75 Å². The number of methoxy groups -OCH3 is 1. The molecule has 0 aliphatic carbocycles. The Morgan fingerprint density at radius 2 is 2.18 bits per heavy atom. The topological polar surface area (TPSA) is 24.5 Å². The number of likely N-dealkylation sites (N-methyl/N-ethyl adjacent to an activating group) is 1. The van der Waals surface area contributed by atoms with Crippen LogP contribution in [0, 0.1) is 0 Å². The van der Waals surface area contributed by atoms with E-state index < -0.39 is 0 Å². The van der Waals surface area contributed by atoms with E-state index in [2.05, 4.69) is 36.3 Å². The Bertz CT molecular complexity index is 420. The van der Waals surface area contributed by atoms with Gasteiger partial charge in [-0.15, -0.1) is 0 Å². The standard InChI is InChI=1S/C14H20N2O/c1-11(12-8-15-9-12)10-16(2)13-5-4-6-14(7-13)17-3/h4-7,15H,8-10H2,1-3H3. The SMILES string of the molecule is COc1cccc(N(C)CC(C)=C2CNC2)c1. The Labute approximate surface area is 103 Å². The predicted octanol–water partition coefficient (Wildman–Crippen LogP) is 2.05. The monoisotopic (exact) mass is 232 g/mol. The lowest BCUT2D eigenvalue weighted by Crippen LogP contribution is -2.36. The van der Waals surface area contributed by atoms with E-state index in [1.165, 1.54) is 11.3 Å². The van der Waals surface area contributed by atoms with Crippen LogP contribution in [0.25, 0.3) is 0 Å². The summed E-state index contributed by atoms with van der Waals surface area (Å²) in [4.78, 5) is 2.25. The summed E-state index contributed by atoms with van der Waals surface area (Å²) in [5, 5.41) is 3.28. The Morgan fingerprint density at radius 1 is 1.41 bits per heavy atom. The van der Waals surface area contributed by atoms with Crippen LogP contribution in [-0.4, -0.2) is 33.8 Å². The highest BCUT2D eigenvalue weighted by Crippen LogP contribution is 2.21. The summed E-state index contributed by atoms with van der Waals surface area (Å²) in [6.45, 7) is 5.30. The van der Waals surface area contributed by atoms with Crippen LogP contribution in [0.2, 0.25) is 0 Å². The lowest BCUT2D eigenvalue weighted by molar-refractivity contribution is 0.415. The molecule has 0 radical (unpaired) electrons. The second kappa shape index (κ2) is 5.23. The van der Waals surface area contributed by atoms with Crippen molar-refractivity contribution in [1.82, 2.24) is 5.32 Å². The smallest absolute Gasteiger partial charge is 0.120 e. The molecule has 1 heterocycles. The molecule has 0 saturated carbocycles. The maximum atomic E-state index is 5.24. The van der Waals surface area contributed by atoms with Crippen molar-refractivity contribution >= 4 is 5.69 Å². The van der Waals surface area contributed by atoms with Crippen molar-refractivity contribution in [2.75, 3.05) is 38.7 Å². The normalized spacial score (nSPS) is 14.2. The van der Waals surface area contributed by atoms with Crippen LogP contribution in [0.1, 0.15) is 6.92 Å². The molecular weight excluding hydrogens is 212 g/mol. The van der Waals surface area contributed by atoms with Crippen molar-refractivity contribution < 1.29 is 4.74 Å². The number of hydrogen-bond donors (Lipinski definition) is 1. The van der Waals surface area contributed by atoms with Crippen LogP contribution >= 0.6 is 0 Å². The van der Waals surface area contributed by atoms with Gasteiger partial charge in [0.15, 0.2) is 0 Å². The van der Waals surface area contributed by atoms with Gasteiger partial charge in [-0.05, 0) is 24.6 Å². The highest BCUT2D eigenvalue weighted by molar-refractivity contribution is 5.51. The Kier molecular flexibility index (Phi) is 3.69. The van der Waals surface area contributed by atoms with Gasteiger partial charge in [0, 0.05) is 38.4 Å². The van der Waals surface area contributed by atoms with E-state index in [9.17, 15) is 0 Å². The fourth-order valence-corrected chi connectivity index (χ4v) is 1.96. The molecule has 1 aliphatic rings. The third-order valence-corrected chi connectivity index (χ3v) is 3.25. The summed E-state index contributed by atoms with van der Waals surface area (Å²) in [6, 6.07) is 8.17. The molecule has 1 aromatic carbocycles. The second-order valence-corrected chi connectivity index (χ2v) is 4.54. The quantitative estimate of drug-likeness (QED) is 0.804. The zero-order chi connectivity index (χ0) is 12.3. The summed E-state index contributed by atoms with van der Waals surface area (Å²) >= 11 is 0. The molecule has 1 saturated heterocycles. The average Bonchev–Trinajstić information content (AvgIpc) is 2.26. The van der Waals surface area contributed by atoms with Gasteiger partial charge >= 0.3 is 0 Å². The first-order valence-corrected chi connectivity index (χ1v) is 5.94. The molecule has 1 N–H and O–H groups in total. The zero-order valence-electron chi connectivity index (χ0n) is 10.8. The Balaban J connectivity index is 2.05. The van der Waals surface area contributed by atoms with E-state index in [-0.39, 0.29) is 0 Å². The van der Waals surface area contributed by atoms with E-state index in [1.54, 1.807) is 12.7 Å². The third kappa shape index (κ3) is 2.80. The summed E-state index contributed by atoms with van der Waals surface area (Å²) in [5.74, 6) is 0.907. The number of anilines is 1. The second-order valence-electron chi connectivity index (χ2n) is 4.54. The van der Waals surface area contributed by atoms with Crippen molar-refractivity contribution in [3.05, 3.63) is 35.4 Å². The highest BCUT2D eigenvalue weighted by atomic mass is 16.5. The molecule has 17 heavy (non-hydrogen) atoms. The summed E-state index contributed by atoms with van der Waals surface area (Å²) < 4.78 is 5.24. The summed E-state index contributed by atoms with van der Waals surface area (Å²) in [6.07, 6.45) is 0. The molecule has 1 fully saturated rings. The minimum Gasteiger partial charge on any atom is -0.497 e. The lowest BCUT2D eigenvalue weighted by atomic mass is 10.0. The Hall–Kier alpha value is -1.48. The first kappa shape index (κ1) is 12.0. The van der Waals surface area contributed by atoms with Crippen molar-refractivity contribution in [1.29, 1.82) is 0 Å². The van der Waals surface area contributed by atoms with Crippen molar-refractivity contribution in [3.63, 3.8) is 0 Å². The van der Waals surface area contributed by atoms with Crippen LogP contribution in [0.15, 0.2) is 35.4 Å². The molecular formula is C14H20N2O. The summed E-state index contributed by atoms with van der Waals surface area (Å²) in [7, 11) is 3.82. The molecule has 0 bridgehead atoms. The first-order chi connectivity index (χ1) is 8.20. The Morgan fingerprint density at radius 3 is 2.76 bits per heavy atom. The van der Waals surface area contributed by atoms with Gasteiger partial charge in [-0.2, -0.15) is 0 Å². The lowest BCUT2D eigenvalue weighted by Gasteiger charge is -2.26. The van der Waals surface area contributed by atoms with Crippen LogP contribution in [0.4, 0.5) is 5.69 Å². The third-order valence-electron chi connectivity index (χ3n) is 3.25. The number of ether oxygens (including phenoxy) is 1. The molecule has 0 atom stereocenters. The largest absolute Gasteiger partial charge is 0.497 e. The maximum Gasteiger partial charge on any atom is 0.120 e. The zero-order valence-corrected chi connectivity index (χ0v) is 10.8. The number of hydrogen-bond acceptors (Lipinski definition) is 3. The van der Waals surface area contributed by atoms with Crippen LogP contribution in [0.3, 0.4) is 0 Å². The van der Waals surface area contributed by atoms with Gasteiger partial charge in [0.25, 0.3) is 0 Å². The van der Waals surface area contributed by atoms with Gasteiger partial charge in [-0.25, -0.2) is 0 Å². The van der Waals surface area contributed by atoms with Gasteiger partial charge in [-0.3, -0.25) is 0 Å². The number of rotatable bonds is 4. The molecule has 92 valence electrons. The number of benzene rings is 1. The highest BCUT2D eigenvalue weighted by Gasteiger charge is 2.12. The van der Waals surface area contributed by atoms with Crippen molar-refractivity contribution in [2.45, 2.75) is 6.92 Å². The van der Waals surface area contributed by atoms with E-state index >= 15 is 0 Å². The van der Waals surface area contributed by atoms with Crippen LogP contribution in [-0.2, 0) is 0 Å². The molecule has 1 aromatic rings. The van der Waals surface area contributed by atoms with Gasteiger partial charge in [0.1, 0.15) is 5.75 Å². The minimum atomic E-state index is 0.907. The fourth-order valence-electron chi connectivity index (χ4n) is 1.96. The van der Waals surface area contributed by atoms with Gasteiger partial charge in [0.2, 0.25) is 0 Å². The van der Waals surface area contributed by atoms with E-state index in [4.69, 9.17) is 4.74 Å². The van der Waals surface area contributed by atoms with Crippen molar-refractivity contribution in [2.24, 2.45) is 0 Å². The molecule has 0 unspecified atom stereocenters. The molecule has 0 amide bonds. The van der Waals surface area contributed by atoms with Gasteiger partial charge < -0.3 is 15.0 Å². The molecule has 0 spiro atoms. The van der Waals surface area contributed by atoms with Gasteiger partial charge in [0.05, 0.1) is 7.11 Å². The first-order valence-electron chi connectivity index (χ1n) is 5.94. The van der Waals surface area contributed by atoms with Gasteiger partial charge in [-0.1, -0.05) is 11.6 Å². The molecule has 0 aromatic heterocycles. The average molecular weight is 232 g/mol. The van der Waals surface area contributed by atoms with Crippen LogP contribution < -0.4 is 15.0 Å². The predicted molar refractivity (Wildman–Crippen MR) is 71.8 cm³/mol. The maximum absolute atomic E-state index is 5.24. The molecule has 3 nitrogen and oxygen atoms in total.